The van der Waals surface area contributed by atoms with Crippen LogP contribution in [-0.2, 0) is 0 Å². The largest absolute Gasteiger partial charge is 0.293 e. The Balaban J connectivity index is 2.54. The summed E-state index contributed by atoms with van der Waals surface area (Å²) < 4.78 is 0.791. The molecule has 0 bridgehead atoms. The average molecular weight is 290 g/mol. The predicted molar refractivity (Wildman–Crippen MR) is 88.0 cm³/mol. The maximum Gasteiger partial charge on any atom is 0.0554 e. The summed E-state index contributed by atoms with van der Waals surface area (Å²) >= 11 is 4.34. The molecule has 1 heterocycles. The van der Waals surface area contributed by atoms with Gasteiger partial charge in [-0.2, -0.15) is 0 Å². The molecule has 1 N–H and O–H groups in total. The van der Waals surface area contributed by atoms with Crippen molar-refractivity contribution in [2.75, 3.05) is 0 Å². The van der Waals surface area contributed by atoms with Crippen molar-refractivity contribution in [2.24, 2.45) is 17.8 Å². The standard InChI is InChI=1S/C15H31NS2/c1-10(2)7-13-16-14(8-11(3)4)18-15(17-13)9-12(5)6/h10-16H,7-9H2,1-6H3/t13-,14-/m1/s1. The first-order chi connectivity index (χ1) is 8.36. The smallest absolute Gasteiger partial charge is 0.0554 e. The molecule has 1 fully saturated rings. The van der Waals surface area contributed by atoms with E-state index in [2.05, 4.69) is 70.4 Å². The number of hydrogen-bond donors (Lipinski definition) is 1. The Morgan fingerprint density at radius 3 is 1.44 bits per heavy atom. The Hall–Kier alpha value is 0.660. The molecule has 1 rings (SSSR count). The van der Waals surface area contributed by atoms with Gasteiger partial charge in [0, 0.05) is 0 Å². The molecule has 0 radical (unpaired) electrons. The van der Waals surface area contributed by atoms with Crippen LogP contribution in [0, 0.1) is 17.8 Å². The van der Waals surface area contributed by atoms with Crippen LogP contribution in [0.4, 0.5) is 0 Å². The number of nitrogens with one attached hydrogen (secondary N) is 1. The Kier molecular flexibility index (Phi) is 7.48. The third-order valence-electron chi connectivity index (χ3n) is 3.04. The van der Waals surface area contributed by atoms with Gasteiger partial charge >= 0.3 is 0 Å². The van der Waals surface area contributed by atoms with E-state index in [1.165, 1.54) is 19.3 Å². The monoisotopic (exact) mass is 289 g/mol. The number of hydrogen-bond acceptors (Lipinski definition) is 3. The molecule has 0 unspecified atom stereocenters. The lowest BCUT2D eigenvalue weighted by atomic mass is 10.1. The van der Waals surface area contributed by atoms with Gasteiger partial charge in [0.15, 0.2) is 0 Å². The van der Waals surface area contributed by atoms with Crippen LogP contribution >= 0.6 is 23.5 Å². The van der Waals surface area contributed by atoms with Crippen LogP contribution in [0.2, 0.25) is 0 Å². The van der Waals surface area contributed by atoms with Gasteiger partial charge in [-0.3, -0.25) is 5.32 Å². The molecule has 108 valence electrons. The van der Waals surface area contributed by atoms with E-state index in [9.17, 15) is 0 Å². The van der Waals surface area contributed by atoms with E-state index in [4.69, 9.17) is 0 Å². The quantitative estimate of drug-likeness (QED) is 0.724. The minimum Gasteiger partial charge on any atom is -0.293 e. The van der Waals surface area contributed by atoms with Gasteiger partial charge in [-0.15, -0.1) is 23.5 Å². The van der Waals surface area contributed by atoms with Crippen LogP contribution in [0.3, 0.4) is 0 Å². The molecular formula is C15H31NS2. The minimum atomic E-state index is 0.666. The highest BCUT2D eigenvalue weighted by atomic mass is 32.2. The van der Waals surface area contributed by atoms with Gasteiger partial charge in [0.05, 0.1) is 15.3 Å². The maximum atomic E-state index is 3.85. The summed E-state index contributed by atoms with van der Waals surface area (Å²) in [7, 11) is 0. The van der Waals surface area contributed by atoms with Crippen molar-refractivity contribution >= 4 is 23.5 Å². The van der Waals surface area contributed by atoms with Gasteiger partial charge in [0.2, 0.25) is 0 Å². The molecule has 0 saturated carbocycles. The van der Waals surface area contributed by atoms with Gasteiger partial charge in [0.1, 0.15) is 0 Å². The summed E-state index contributed by atoms with van der Waals surface area (Å²) in [5.41, 5.74) is 0. The summed E-state index contributed by atoms with van der Waals surface area (Å²) in [6.07, 6.45) is 3.95. The first kappa shape index (κ1) is 16.7. The molecule has 0 amide bonds. The Morgan fingerprint density at radius 2 is 1.11 bits per heavy atom. The lowest BCUT2D eigenvalue weighted by Gasteiger charge is -2.37. The van der Waals surface area contributed by atoms with Crippen LogP contribution in [0.15, 0.2) is 0 Å². The predicted octanol–water partition coefficient (Wildman–Crippen LogP) is 5.17. The molecule has 18 heavy (non-hydrogen) atoms. The van der Waals surface area contributed by atoms with Crippen molar-refractivity contribution < 1.29 is 0 Å². The van der Waals surface area contributed by atoms with Gasteiger partial charge in [0.25, 0.3) is 0 Å². The second-order valence-electron chi connectivity index (χ2n) is 6.73. The van der Waals surface area contributed by atoms with E-state index in [-0.39, 0.29) is 0 Å². The second kappa shape index (κ2) is 8.06. The highest BCUT2D eigenvalue weighted by Gasteiger charge is 2.30. The van der Waals surface area contributed by atoms with E-state index < -0.39 is 0 Å². The lowest BCUT2D eigenvalue weighted by Crippen LogP contribution is -2.42. The summed E-state index contributed by atoms with van der Waals surface area (Å²) in [5.74, 6) is 2.39. The SMILES string of the molecule is CC(C)CC1S[C@H](CC(C)C)N[C@@H](CC(C)C)S1. The lowest BCUT2D eigenvalue weighted by molar-refractivity contribution is 0.452. The van der Waals surface area contributed by atoms with E-state index in [1.807, 2.05) is 0 Å². The van der Waals surface area contributed by atoms with Crippen LogP contribution < -0.4 is 5.32 Å². The van der Waals surface area contributed by atoms with Crippen molar-refractivity contribution in [1.29, 1.82) is 0 Å². The van der Waals surface area contributed by atoms with Crippen LogP contribution in [0.25, 0.3) is 0 Å². The topological polar surface area (TPSA) is 12.0 Å². The van der Waals surface area contributed by atoms with Crippen molar-refractivity contribution in [3.63, 3.8) is 0 Å². The van der Waals surface area contributed by atoms with E-state index in [0.29, 0.717) is 10.7 Å². The summed E-state index contributed by atoms with van der Waals surface area (Å²) in [6, 6.07) is 0. The summed E-state index contributed by atoms with van der Waals surface area (Å²) in [4.78, 5) is 0. The Morgan fingerprint density at radius 1 is 0.722 bits per heavy atom. The van der Waals surface area contributed by atoms with Crippen molar-refractivity contribution in [2.45, 2.75) is 76.1 Å². The normalized spacial score (nSPS) is 29.5. The van der Waals surface area contributed by atoms with E-state index in [1.54, 1.807) is 0 Å². The molecule has 0 aromatic heterocycles. The molecule has 0 aromatic carbocycles. The fourth-order valence-corrected chi connectivity index (χ4v) is 6.63. The van der Waals surface area contributed by atoms with Gasteiger partial charge < -0.3 is 0 Å². The number of rotatable bonds is 6. The zero-order chi connectivity index (χ0) is 13.7. The minimum absolute atomic E-state index is 0.666. The Bertz CT molecular complexity index is 184. The zero-order valence-corrected chi connectivity index (χ0v) is 14.5. The van der Waals surface area contributed by atoms with Crippen LogP contribution in [0.1, 0.15) is 60.8 Å². The van der Waals surface area contributed by atoms with Crippen LogP contribution in [0.5, 0.6) is 0 Å². The highest BCUT2D eigenvalue weighted by molar-refractivity contribution is 8.18. The zero-order valence-electron chi connectivity index (χ0n) is 12.9. The van der Waals surface area contributed by atoms with Crippen LogP contribution in [-0.4, -0.2) is 15.3 Å². The third kappa shape index (κ3) is 6.72. The molecule has 1 aliphatic heterocycles. The molecular weight excluding hydrogens is 258 g/mol. The Labute approximate surface area is 123 Å². The van der Waals surface area contributed by atoms with E-state index >= 15 is 0 Å². The van der Waals surface area contributed by atoms with Crippen molar-refractivity contribution in [3.05, 3.63) is 0 Å². The average Bonchev–Trinajstić information content (AvgIpc) is 2.12. The molecule has 0 spiro atoms. The molecule has 3 heteroatoms. The van der Waals surface area contributed by atoms with Gasteiger partial charge in [-0.05, 0) is 37.0 Å². The molecule has 1 nitrogen and oxygen atoms in total. The molecule has 2 atom stereocenters. The molecule has 1 saturated heterocycles. The third-order valence-corrected chi connectivity index (χ3v) is 6.01. The van der Waals surface area contributed by atoms with Crippen molar-refractivity contribution in [3.8, 4) is 0 Å². The first-order valence-electron chi connectivity index (χ1n) is 7.43. The fraction of sp³-hybridized carbons (Fsp3) is 1.00. The number of thioether (sulfide) groups is 2. The van der Waals surface area contributed by atoms with Gasteiger partial charge in [-0.1, -0.05) is 41.5 Å². The molecule has 0 aliphatic carbocycles. The van der Waals surface area contributed by atoms with E-state index in [0.717, 1.165) is 22.3 Å². The maximum absolute atomic E-state index is 3.85. The first-order valence-corrected chi connectivity index (χ1v) is 9.32. The van der Waals surface area contributed by atoms with Gasteiger partial charge in [-0.25, -0.2) is 0 Å². The van der Waals surface area contributed by atoms with Crippen molar-refractivity contribution in [1.82, 2.24) is 5.32 Å². The molecule has 1 aliphatic rings. The highest BCUT2D eigenvalue weighted by Crippen LogP contribution is 2.41. The molecule has 0 aromatic rings. The summed E-state index contributed by atoms with van der Waals surface area (Å²) in [6.45, 7) is 14.0. The second-order valence-corrected chi connectivity index (χ2v) is 9.85. The summed E-state index contributed by atoms with van der Waals surface area (Å²) in [5, 5.41) is 5.18. The fourth-order valence-electron chi connectivity index (χ4n) is 2.28.